The highest BCUT2D eigenvalue weighted by molar-refractivity contribution is 6.02. The number of unbranched alkanes of at least 4 members (excludes halogenated alkanes) is 1. The van der Waals surface area contributed by atoms with Crippen LogP contribution in [0.5, 0.6) is 5.75 Å². The number of nitrogens with zero attached hydrogens (tertiary/aromatic N) is 1. The minimum Gasteiger partial charge on any atom is -0.493 e. The van der Waals surface area contributed by atoms with Crippen LogP contribution in [0.1, 0.15) is 49.3 Å². The van der Waals surface area contributed by atoms with Crippen LogP contribution in [0.2, 0.25) is 0 Å². The van der Waals surface area contributed by atoms with Crippen molar-refractivity contribution in [2.75, 3.05) is 11.9 Å². The maximum Gasteiger partial charge on any atom is 0.240 e. The van der Waals surface area contributed by atoms with Crippen LogP contribution in [0.4, 0.5) is 5.69 Å². The Morgan fingerprint density at radius 1 is 1.00 bits per heavy atom. The van der Waals surface area contributed by atoms with Gasteiger partial charge in [0, 0.05) is 24.1 Å². The van der Waals surface area contributed by atoms with E-state index in [1.807, 2.05) is 68.4 Å². The lowest BCUT2D eigenvalue weighted by Crippen LogP contribution is -2.21. The molecule has 2 amide bonds. The summed E-state index contributed by atoms with van der Waals surface area (Å²) in [5.74, 6) is 0.201. The Morgan fingerprint density at radius 2 is 1.79 bits per heavy atom. The summed E-state index contributed by atoms with van der Waals surface area (Å²) in [6, 6.07) is 17.8. The number of hydrogen-bond donors (Lipinski definition) is 2. The molecule has 6 nitrogen and oxygen atoms in total. The van der Waals surface area contributed by atoms with Gasteiger partial charge in [-0.3, -0.25) is 9.59 Å². The van der Waals surface area contributed by atoms with Crippen LogP contribution in [0.15, 0.2) is 59.7 Å². The smallest absolute Gasteiger partial charge is 0.240 e. The molecule has 0 radical (unpaired) electrons. The molecule has 0 aliphatic heterocycles. The Kier molecular flexibility index (Phi) is 8.58. The van der Waals surface area contributed by atoms with E-state index in [4.69, 9.17) is 4.74 Å². The van der Waals surface area contributed by atoms with Crippen molar-refractivity contribution in [1.29, 1.82) is 0 Å². The maximum absolute atomic E-state index is 12.2. The molecule has 0 unspecified atom stereocenters. The van der Waals surface area contributed by atoms with Crippen molar-refractivity contribution in [3.8, 4) is 5.75 Å². The van der Waals surface area contributed by atoms with Crippen molar-refractivity contribution in [3.05, 3.63) is 71.3 Å². The second kappa shape index (κ2) is 11.8. The number of nitrogens with one attached hydrogen (secondary N) is 2. The van der Waals surface area contributed by atoms with Crippen LogP contribution in [-0.2, 0) is 9.59 Å². The van der Waals surface area contributed by atoms with Crippen LogP contribution in [0, 0.1) is 13.8 Å². The van der Waals surface area contributed by atoms with E-state index in [9.17, 15) is 9.59 Å². The number of benzene rings is 3. The van der Waals surface area contributed by atoms with E-state index >= 15 is 0 Å². The summed E-state index contributed by atoms with van der Waals surface area (Å²) in [4.78, 5) is 24.5. The van der Waals surface area contributed by atoms with E-state index in [0.29, 0.717) is 6.61 Å². The van der Waals surface area contributed by atoms with Crippen molar-refractivity contribution < 1.29 is 14.3 Å². The molecule has 3 rings (SSSR count). The SMILES string of the molecule is CCCCOc1ccc2ccccc2c1C=NNC(=O)CCC(=O)Nc1cc(C)ccc1C. The van der Waals surface area contributed by atoms with Gasteiger partial charge in [0.05, 0.1) is 12.8 Å². The average molecular weight is 446 g/mol. The number of hydrazone groups is 1. The van der Waals surface area contributed by atoms with Gasteiger partial charge in [-0.2, -0.15) is 5.10 Å². The number of hydrogen-bond acceptors (Lipinski definition) is 4. The highest BCUT2D eigenvalue weighted by Gasteiger charge is 2.10. The van der Waals surface area contributed by atoms with Gasteiger partial charge in [0.1, 0.15) is 5.75 Å². The minimum atomic E-state index is -0.323. The summed E-state index contributed by atoms with van der Waals surface area (Å²) >= 11 is 0. The molecular formula is C27H31N3O3. The lowest BCUT2D eigenvalue weighted by atomic mass is 10.0. The summed E-state index contributed by atoms with van der Waals surface area (Å²) < 4.78 is 5.94. The predicted octanol–water partition coefficient (Wildman–Crippen LogP) is 5.50. The summed E-state index contributed by atoms with van der Waals surface area (Å²) in [7, 11) is 0. The minimum absolute atomic E-state index is 0.0451. The molecular weight excluding hydrogens is 414 g/mol. The van der Waals surface area contributed by atoms with Crippen molar-refractivity contribution in [2.45, 2.75) is 46.5 Å². The molecule has 3 aromatic carbocycles. The molecule has 6 heteroatoms. The zero-order valence-electron chi connectivity index (χ0n) is 19.5. The number of rotatable bonds is 10. The summed E-state index contributed by atoms with van der Waals surface area (Å²) in [6.07, 6.45) is 3.74. The Balaban J connectivity index is 1.59. The van der Waals surface area contributed by atoms with Gasteiger partial charge >= 0.3 is 0 Å². The van der Waals surface area contributed by atoms with Gasteiger partial charge in [0.2, 0.25) is 11.8 Å². The first-order valence-corrected chi connectivity index (χ1v) is 11.3. The molecule has 33 heavy (non-hydrogen) atoms. The lowest BCUT2D eigenvalue weighted by Gasteiger charge is -2.11. The lowest BCUT2D eigenvalue weighted by molar-refractivity contribution is -0.124. The molecule has 0 aromatic heterocycles. The Hall–Kier alpha value is -3.67. The highest BCUT2D eigenvalue weighted by atomic mass is 16.5. The average Bonchev–Trinajstić information content (AvgIpc) is 2.81. The van der Waals surface area contributed by atoms with Crippen molar-refractivity contribution >= 4 is 34.5 Å². The number of ether oxygens (including phenoxy) is 1. The number of amides is 2. The van der Waals surface area contributed by atoms with Gasteiger partial charge < -0.3 is 10.1 Å². The zero-order valence-corrected chi connectivity index (χ0v) is 19.5. The molecule has 0 spiro atoms. The molecule has 0 heterocycles. The molecule has 172 valence electrons. The van der Waals surface area contributed by atoms with Crippen LogP contribution >= 0.6 is 0 Å². The maximum atomic E-state index is 12.2. The van der Waals surface area contributed by atoms with Crippen LogP contribution < -0.4 is 15.5 Å². The van der Waals surface area contributed by atoms with E-state index in [1.54, 1.807) is 6.21 Å². The van der Waals surface area contributed by atoms with Crippen LogP contribution in [-0.4, -0.2) is 24.6 Å². The molecule has 3 aromatic rings. The van der Waals surface area contributed by atoms with E-state index in [1.165, 1.54) is 0 Å². The highest BCUT2D eigenvalue weighted by Crippen LogP contribution is 2.27. The van der Waals surface area contributed by atoms with Gasteiger partial charge in [0.25, 0.3) is 0 Å². The third-order valence-corrected chi connectivity index (χ3v) is 5.32. The van der Waals surface area contributed by atoms with Gasteiger partial charge in [0.15, 0.2) is 0 Å². The first-order chi connectivity index (χ1) is 16.0. The topological polar surface area (TPSA) is 79.8 Å². The second-order valence-electron chi connectivity index (χ2n) is 8.06. The van der Waals surface area contributed by atoms with Crippen LogP contribution in [0.25, 0.3) is 10.8 Å². The first kappa shape index (κ1) is 24.0. The Labute approximate surface area is 195 Å². The summed E-state index contributed by atoms with van der Waals surface area (Å²) in [5.41, 5.74) is 6.16. The van der Waals surface area contributed by atoms with Crippen LogP contribution in [0.3, 0.4) is 0 Å². The summed E-state index contributed by atoms with van der Waals surface area (Å²) in [5, 5.41) is 9.06. The molecule has 2 N–H and O–H groups in total. The van der Waals surface area contributed by atoms with Gasteiger partial charge in [-0.1, -0.05) is 55.8 Å². The molecule has 0 aliphatic carbocycles. The van der Waals surface area contributed by atoms with Crippen molar-refractivity contribution in [2.24, 2.45) is 5.10 Å². The number of anilines is 1. The fourth-order valence-corrected chi connectivity index (χ4v) is 3.40. The monoisotopic (exact) mass is 445 g/mol. The number of fused-ring (bicyclic) bond motifs is 1. The number of carbonyl (C=O) groups is 2. The number of carbonyl (C=O) groups excluding carboxylic acids is 2. The Morgan fingerprint density at radius 3 is 2.61 bits per heavy atom. The second-order valence-corrected chi connectivity index (χ2v) is 8.06. The van der Waals surface area contributed by atoms with Gasteiger partial charge in [-0.15, -0.1) is 0 Å². The molecule has 0 fully saturated rings. The summed E-state index contributed by atoms with van der Waals surface area (Å²) in [6.45, 7) is 6.64. The molecule has 0 atom stereocenters. The van der Waals surface area contributed by atoms with Crippen molar-refractivity contribution in [1.82, 2.24) is 5.43 Å². The van der Waals surface area contributed by atoms with Gasteiger partial charge in [-0.05, 0) is 54.3 Å². The first-order valence-electron chi connectivity index (χ1n) is 11.3. The zero-order chi connectivity index (χ0) is 23.6. The normalized spacial score (nSPS) is 11.0. The van der Waals surface area contributed by atoms with E-state index in [0.717, 1.165) is 51.7 Å². The van der Waals surface area contributed by atoms with E-state index in [2.05, 4.69) is 22.8 Å². The standard InChI is InChI=1S/C27H31N3O3/c1-4-5-16-33-25-13-12-21-8-6-7-9-22(21)23(25)18-28-30-27(32)15-14-26(31)29-24-17-19(2)10-11-20(24)3/h6-13,17-18H,4-5,14-16H2,1-3H3,(H,29,31)(H,30,32). The third kappa shape index (κ3) is 6.91. The molecule has 0 bridgehead atoms. The van der Waals surface area contributed by atoms with Gasteiger partial charge in [-0.25, -0.2) is 5.43 Å². The Bertz CT molecular complexity index is 1150. The molecule has 0 aliphatic rings. The quantitative estimate of drug-likeness (QED) is 0.245. The molecule has 0 saturated heterocycles. The fraction of sp³-hybridized carbons (Fsp3) is 0.296. The third-order valence-electron chi connectivity index (χ3n) is 5.32. The van der Waals surface area contributed by atoms with E-state index < -0.39 is 0 Å². The largest absolute Gasteiger partial charge is 0.493 e. The van der Waals surface area contributed by atoms with E-state index in [-0.39, 0.29) is 24.7 Å². The number of aryl methyl sites for hydroxylation is 2. The van der Waals surface area contributed by atoms with Crippen molar-refractivity contribution in [3.63, 3.8) is 0 Å². The fourth-order valence-electron chi connectivity index (χ4n) is 3.40. The predicted molar refractivity (Wildman–Crippen MR) is 134 cm³/mol. The molecule has 0 saturated carbocycles.